The fraction of sp³-hybridized carbons (Fsp3) is 0.100. The van der Waals surface area contributed by atoms with Gasteiger partial charge >= 0.3 is 0 Å². The van der Waals surface area contributed by atoms with Crippen LogP contribution >= 0.6 is 0 Å². The van der Waals surface area contributed by atoms with Gasteiger partial charge in [-0.2, -0.15) is 0 Å². The first-order valence-electron chi connectivity index (χ1n) is 4.73. The zero-order valence-corrected chi connectivity index (χ0v) is 8.99. The Morgan fingerprint density at radius 3 is 2.88 bits per heavy atom. The topological polar surface area (TPSA) is 89.9 Å². The summed E-state index contributed by atoms with van der Waals surface area (Å²) in [6.07, 6.45) is 5.60. The Morgan fingerprint density at radius 2 is 2.18 bits per heavy atom. The molecule has 0 aromatic carbocycles. The molecule has 2 rings (SSSR count). The van der Waals surface area contributed by atoms with Crippen LogP contribution in [0.15, 0.2) is 31.0 Å². The highest BCUT2D eigenvalue weighted by Gasteiger charge is 2.08. The van der Waals surface area contributed by atoms with Gasteiger partial charge < -0.3 is 10.1 Å². The lowest BCUT2D eigenvalue weighted by atomic mass is 10.4. The summed E-state index contributed by atoms with van der Waals surface area (Å²) in [5.74, 6) is 0.320. The summed E-state index contributed by atoms with van der Waals surface area (Å²) in [7, 11) is 1.48. The molecule has 2 aromatic heterocycles. The molecular formula is C10H9N5O2. The third kappa shape index (κ3) is 2.71. The maximum absolute atomic E-state index is 11.7. The van der Waals surface area contributed by atoms with Crippen molar-refractivity contribution in [3.63, 3.8) is 0 Å². The van der Waals surface area contributed by atoms with Crippen molar-refractivity contribution in [2.45, 2.75) is 0 Å². The molecule has 0 saturated carbocycles. The van der Waals surface area contributed by atoms with Gasteiger partial charge in [0.25, 0.3) is 5.91 Å². The van der Waals surface area contributed by atoms with Crippen LogP contribution in [0.4, 0.5) is 5.82 Å². The number of hydrogen-bond donors (Lipinski definition) is 1. The second-order valence-corrected chi connectivity index (χ2v) is 2.99. The molecule has 0 saturated heterocycles. The Kier molecular flexibility index (Phi) is 3.20. The fourth-order valence-electron chi connectivity index (χ4n) is 1.12. The van der Waals surface area contributed by atoms with E-state index in [-0.39, 0.29) is 11.6 Å². The minimum atomic E-state index is -0.390. The summed E-state index contributed by atoms with van der Waals surface area (Å²) < 4.78 is 4.91. The van der Waals surface area contributed by atoms with E-state index in [9.17, 15) is 4.79 Å². The van der Waals surface area contributed by atoms with Crippen molar-refractivity contribution in [2.24, 2.45) is 0 Å². The monoisotopic (exact) mass is 231 g/mol. The number of anilines is 1. The van der Waals surface area contributed by atoms with Gasteiger partial charge in [-0.05, 0) is 0 Å². The molecule has 0 radical (unpaired) electrons. The Balaban J connectivity index is 2.13. The van der Waals surface area contributed by atoms with Crippen LogP contribution in [0, 0.1) is 0 Å². The van der Waals surface area contributed by atoms with Crippen LogP contribution in [-0.2, 0) is 0 Å². The minimum absolute atomic E-state index is 0.213. The van der Waals surface area contributed by atoms with E-state index in [1.165, 1.54) is 38.1 Å². The molecule has 0 aliphatic rings. The summed E-state index contributed by atoms with van der Waals surface area (Å²) in [5.41, 5.74) is 0.213. The van der Waals surface area contributed by atoms with E-state index in [0.717, 1.165) is 0 Å². The number of nitrogens with one attached hydrogen (secondary N) is 1. The van der Waals surface area contributed by atoms with Gasteiger partial charge in [0.05, 0.1) is 13.3 Å². The lowest BCUT2D eigenvalue weighted by Gasteiger charge is -2.04. The Labute approximate surface area is 96.9 Å². The van der Waals surface area contributed by atoms with Gasteiger partial charge in [-0.15, -0.1) is 0 Å². The molecule has 0 bridgehead atoms. The number of nitrogens with zero attached hydrogens (tertiary/aromatic N) is 4. The Bertz CT molecular complexity index is 517. The third-order valence-electron chi connectivity index (χ3n) is 1.89. The Hall–Kier alpha value is -2.57. The average molecular weight is 231 g/mol. The third-order valence-corrected chi connectivity index (χ3v) is 1.89. The maximum atomic E-state index is 11.7. The molecule has 0 unspecified atom stereocenters. The highest BCUT2D eigenvalue weighted by atomic mass is 16.5. The van der Waals surface area contributed by atoms with Gasteiger partial charge in [0, 0.05) is 18.5 Å². The first-order chi connectivity index (χ1) is 8.29. The first kappa shape index (κ1) is 10.9. The van der Waals surface area contributed by atoms with Crippen molar-refractivity contribution >= 4 is 11.7 Å². The number of ether oxygens (including phenoxy) is 1. The molecule has 2 aromatic rings. The molecule has 0 aliphatic carbocycles. The molecule has 7 heteroatoms. The normalized spacial score (nSPS) is 9.71. The van der Waals surface area contributed by atoms with Gasteiger partial charge in [-0.25, -0.2) is 15.0 Å². The fourth-order valence-corrected chi connectivity index (χ4v) is 1.12. The molecule has 0 aliphatic heterocycles. The van der Waals surface area contributed by atoms with E-state index < -0.39 is 0 Å². The van der Waals surface area contributed by atoms with Crippen molar-refractivity contribution in [3.8, 4) is 5.88 Å². The number of carbonyl (C=O) groups is 1. The number of methoxy groups -OCH3 is 1. The van der Waals surface area contributed by atoms with Crippen LogP contribution < -0.4 is 10.1 Å². The summed E-state index contributed by atoms with van der Waals surface area (Å²) >= 11 is 0. The molecule has 0 fully saturated rings. The lowest BCUT2D eigenvalue weighted by molar-refractivity contribution is 0.102. The number of rotatable bonds is 3. The van der Waals surface area contributed by atoms with Crippen LogP contribution in [0.25, 0.3) is 0 Å². The SMILES string of the molecule is COc1cc(NC(=O)c2cnccn2)ncn1. The van der Waals surface area contributed by atoms with E-state index in [1.807, 2.05) is 0 Å². The highest BCUT2D eigenvalue weighted by Crippen LogP contribution is 2.10. The summed E-state index contributed by atoms with van der Waals surface area (Å²) in [6, 6.07) is 1.51. The van der Waals surface area contributed by atoms with Gasteiger partial charge in [0.2, 0.25) is 5.88 Å². The van der Waals surface area contributed by atoms with Crippen LogP contribution in [0.3, 0.4) is 0 Å². The summed E-state index contributed by atoms with van der Waals surface area (Å²) in [6.45, 7) is 0. The van der Waals surface area contributed by atoms with Gasteiger partial charge in [0.1, 0.15) is 17.8 Å². The van der Waals surface area contributed by atoms with Crippen molar-refractivity contribution in [1.29, 1.82) is 0 Å². The molecule has 86 valence electrons. The van der Waals surface area contributed by atoms with Crippen molar-refractivity contribution < 1.29 is 9.53 Å². The zero-order chi connectivity index (χ0) is 12.1. The largest absolute Gasteiger partial charge is 0.481 e. The zero-order valence-electron chi connectivity index (χ0n) is 8.99. The minimum Gasteiger partial charge on any atom is -0.481 e. The molecule has 2 heterocycles. The average Bonchev–Trinajstić information content (AvgIpc) is 2.40. The van der Waals surface area contributed by atoms with E-state index in [0.29, 0.717) is 11.7 Å². The predicted molar refractivity (Wildman–Crippen MR) is 58.6 cm³/mol. The second-order valence-electron chi connectivity index (χ2n) is 2.99. The number of aromatic nitrogens is 4. The lowest BCUT2D eigenvalue weighted by Crippen LogP contribution is -2.14. The summed E-state index contributed by atoms with van der Waals surface area (Å²) in [4.78, 5) is 27.1. The standard InChI is InChI=1S/C10H9N5O2/c1-17-9-4-8(13-6-14-9)15-10(16)7-5-11-2-3-12-7/h2-6H,1H3,(H,13,14,15,16). The summed E-state index contributed by atoms with van der Waals surface area (Å²) in [5, 5.41) is 2.56. The number of hydrogen-bond acceptors (Lipinski definition) is 6. The van der Waals surface area contributed by atoms with Gasteiger partial charge in [-0.3, -0.25) is 9.78 Å². The van der Waals surface area contributed by atoms with Crippen LogP contribution in [0.5, 0.6) is 5.88 Å². The highest BCUT2D eigenvalue weighted by molar-refractivity contribution is 6.02. The van der Waals surface area contributed by atoms with E-state index in [2.05, 4.69) is 25.3 Å². The predicted octanol–water partition coefficient (Wildman–Crippen LogP) is 0.527. The van der Waals surface area contributed by atoms with Crippen molar-refractivity contribution in [1.82, 2.24) is 19.9 Å². The van der Waals surface area contributed by atoms with Crippen LogP contribution in [0.1, 0.15) is 10.5 Å². The molecule has 0 spiro atoms. The number of carbonyl (C=O) groups excluding carboxylic acids is 1. The molecule has 0 atom stereocenters. The van der Waals surface area contributed by atoms with Crippen LogP contribution in [0.2, 0.25) is 0 Å². The van der Waals surface area contributed by atoms with Gasteiger partial charge in [0.15, 0.2) is 0 Å². The van der Waals surface area contributed by atoms with Crippen molar-refractivity contribution in [3.05, 3.63) is 36.7 Å². The van der Waals surface area contributed by atoms with E-state index >= 15 is 0 Å². The Morgan fingerprint density at radius 1 is 1.29 bits per heavy atom. The van der Waals surface area contributed by atoms with Gasteiger partial charge in [-0.1, -0.05) is 0 Å². The quantitative estimate of drug-likeness (QED) is 0.828. The first-order valence-corrected chi connectivity index (χ1v) is 4.73. The van der Waals surface area contributed by atoms with Crippen LogP contribution in [-0.4, -0.2) is 33.0 Å². The molecule has 1 N–H and O–H groups in total. The van der Waals surface area contributed by atoms with E-state index in [1.54, 1.807) is 0 Å². The second kappa shape index (κ2) is 4.97. The maximum Gasteiger partial charge on any atom is 0.277 e. The molecular weight excluding hydrogens is 222 g/mol. The molecule has 7 nitrogen and oxygen atoms in total. The molecule has 17 heavy (non-hydrogen) atoms. The number of amides is 1. The molecule has 1 amide bonds. The van der Waals surface area contributed by atoms with Crippen molar-refractivity contribution in [2.75, 3.05) is 12.4 Å². The van der Waals surface area contributed by atoms with E-state index in [4.69, 9.17) is 4.74 Å². The smallest absolute Gasteiger partial charge is 0.277 e.